The number of hydrogen-bond donors (Lipinski definition) is 1. The fraction of sp³-hybridized carbons (Fsp3) is 0.526. The van der Waals surface area contributed by atoms with Gasteiger partial charge in [-0.2, -0.15) is 0 Å². The highest BCUT2D eigenvalue weighted by Crippen LogP contribution is 2.32. The molecule has 0 saturated heterocycles. The summed E-state index contributed by atoms with van der Waals surface area (Å²) >= 11 is 0. The molecule has 112 valence electrons. The third kappa shape index (κ3) is 3.62. The van der Waals surface area contributed by atoms with Crippen molar-refractivity contribution in [1.82, 2.24) is 10.3 Å². The first kappa shape index (κ1) is 14.5. The van der Waals surface area contributed by atoms with Gasteiger partial charge < -0.3 is 5.32 Å². The molecule has 1 aromatic carbocycles. The van der Waals surface area contributed by atoms with Gasteiger partial charge in [-0.05, 0) is 43.0 Å². The molecule has 1 saturated carbocycles. The Balaban J connectivity index is 1.74. The average Bonchev–Trinajstić information content (AvgIpc) is 3.04. The number of aromatic nitrogens is 1. The third-order valence-electron chi connectivity index (χ3n) is 4.82. The van der Waals surface area contributed by atoms with Crippen molar-refractivity contribution < 1.29 is 0 Å². The fourth-order valence-corrected chi connectivity index (χ4v) is 3.63. The molecular weight excluding hydrogens is 256 g/mol. The molecule has 1 fully saturated rings. The molecule has 2 heteroatoms. The molecule has 0 aliphatic heterocycles. The van der Waals surface area contributed by atoms with Crippen molar-refractivity contribution in [2.75, 3.05) is 6.54 Å². The van der Waals surface area contributed by atoms with E-state index in [1.807, 2.05) is 12.3 Å². The van der Waals surface area contributed by atoms with Crippen LogP contribution >= 0.6 is 0 Å². The van der Waals surface area contributed by atoms with Crippen LogP contribution in [-0.4, -0.2) is 11.5 Å². The van der Waals surface area contributed by atoms with Crippen LogP contribution in [0.1, 0.15) is 57.1 Å². The molecule has 0 amide bonds. The molecule has 1 aliphatic rings. The van der Waals surface area contributed by atoms with Gasteiger partial charge in [0.15, 0.2) is 0 Å². The number of nitrogens with one attached hydrogen (secondary N) is 1. The lowest BCUT2D eigenvalue weighted by Crippen LogP contribution is -2.21. The van der Waals surface area contributed by atoms with Gasteiger partial charge in [-0.3, -0.25) is 4.98 Å². The average molecular weight is 282 g/mol. The van der Waals surface area contributed by atoms with Crippen molar-refractivity contribution in [3.8, 4) is 0 Å². The maximum absolute atomic E-state index is 4.49. The first-order chi connectivity index (χ1) is 10.4. The van der Waals surface area contributed by atoms with E-state index in [4.69, 9.17) is 0 Å². The number of benzene rings is 1. The lowest BCUT2D eigenvalue weighted by molar-refractivity contribution is 0.417. The topological polar surface area (TPSA) is 24.9 Å². The Hall–Kier alpha value is -1.41. The van der Waals surface area contributed by atoms with E-state index in [0.717, 1.165) is 18.0 Å². The summed E-state index contributed by atoms with van der Waals surface area (Å²) in [5, 5.41) is 4.89. The minimum atomic E-state index is 0.474. The lowest BCUT2D eigenvalue weighted by Gasteiger charge is -2.20. The largest absolute Gasteiger partial charge is 0.310 e. The van der Waals surface area contributed by atoms with Crippen LogP contribution in [0.15, 0.2) is 36.5 Å². The van der Waals surface area contributed by atoms with E-state index in [1.165, 1.54) is 49.5 Å². The highest BCUT2D eigenvalue weighted by atomic mass is 14.9. The fourth-order valence-electron chi connectivity index (χ4n) is 3.63. The van der Waals surface area contributed by atoms with Gasteiger partial charge in [0, 0.05) is 17.6 Å². The van der Waals surface area contributed by atoms with Crippen molar-refractivity contribution in [2.24, 2.45) is 5.92 Å². The molecule has 1 aliphatic carbocycles. The highest BCUT2D eigenvalue weighted by molar-refractivity contribution is 5.78. The zero-order valence-electron chi connectivity index (χ0n) is 13.0. The number of nitrogens with zero attached hydrogens (tertiary/aromatic N) is 1. The van der Waals surface area contributed by atoms with E-state index in [2.05, 4.69) is 41.5 Å². The van der Waals surface area contributed by atoms with Crippen molar-refractivity contribution in [1.29, 1.82) is 0 Å². The second-order valence-electron chi connectivity index (χ2n) is 6.29. The summed E-state index contributed by atoms with van der Waals surface area (Å²) in [6.45, 7) is 3.22. The number of fused-ring (bicyclic) bond motifs is 1. The van der Waals surface area contributed by atoms with E-state index >= 15 is 0 Å². The van der Waals surface area contributed by atoms with Crippen LogP contribution in [0.2, 0.25) is 0 Å². The Morgan fingerprint density at radius 3 is 2.90 bits per heavy atom. The van der Waals surface area contributed by atoms with Gasteiger partial charge in [-0.1, -0.05) is 50.8 Å². The monoisotopic (exact) mass is 282 g/mol. The molecule has 2 aromatic rings. The molecule has 1 heterocycles. The van der Waals surface area contributed by atoms with E-state index in [0.29, 0.717) is 6.04 Å². The molecule has 2 nitrogen and oxygen atoms in total. The van der Waals surface area contributed by atoms with Crippen molar-refractivity contribution in [3.05, 3.63) is 42.1 Å². The van der Waals surface area contributed by atoms with Gasteiger partial charge in [0.05, 0.1) is 5.52 Å². The van der Waals surface area contributed by atoms with Crippen LogP contribution in [-0.2, 0) is 0 Å². The summed E-state index contributed by atoms with van der Waals surface area (Å²) in [4.78, 5) is 4.49. The normalized spacial score (nSPS) is 17.4. The Morgan fingerprint density at radius 2 is 2.10 bits per heavy atom. The van der Waals surface area contributed by atoms with Crippen molar-refractivity contribution >= 4 is 10.9 Å². The quantitative estimate of drug-likeness (QED) is 0.818. The van der Waals surface area contributed by atoms with Crippen LogP contribution in [0.25, 0.3) is 10.9 Å². The molecule has 0 radical (unpaired) electrons. The molecule has 3 rings (SSSR count). The van der Waals surface area contributed by atoms with Gasteiger partial charge in [0.25, 0.3) is 0 Å². The zero-order valence-corrected chi connectivity index (χ0v) is 13.0. The van der Waals surface area contributed by atoms with Crippen molar-refractivity contribution in [3.63, 3.8) is 0 Å². The molecule has 1 aromatic heterocycles. The minimum Gasteiger partial charge on any atom is -0.310 e. The second kappa shape index (κ2) is 7.04. The van der Waals surface area contributed by atoms with Gasteiger partial charge in [-0.15, -0.1) is 0 Å². The standard InChI is InChI=1S/C19H26N2/c1-2-20-18(12-9-15-6-3-4-7-15)17-11-10-16-8-5-13-21-19(16)14-17/h5,8,10-11,13-15,18,20H,2-4,6-7,9,12H2,1H3. The van der Waals surface area contributed by atoms with Gasteiger partial charge in [-0.25, -0.2) is 0 Å². The van der Waals surface area contributed by atoms with E-state index < -0.39 is 0 Å². The van der Waals surface area contributed by atoms with Crippen LogP contribution in [0.5, 0.6) is 0 Å². The van der Waals surface area contributed by atoms with Crippen LogP contribution in [0.4, 0.5) is 0 Å². The van der Waals surface area contributed by atoms with Crippen LogP contribution in [0, 0.1) is 5.92 Å². The van der Waals surface area contributed by atoms with E-state index in [9.17, 15) is 0 Å². The summed E-state index contributed by atoms with van der Waals surface area (Å²) < 4.78 is 0. The van der Waals surface area contributed by atoms with Gasteiger partial charge in [0.2, 0.25) is 0 Å². The zero-order chi connectivity index (χ0) is 14.5. The van der Waals surface area contributed by atoms with E-state index in [1.54, 1.807) is 0 Å². The number of pyridine rings is 1. The lowest BCUT2D eigenvalue weighted by atomic mass is 9.94. The maximum Gasteiger partial charge on any atom is 0.0705 e. The SMILES string of the molecule is CCNC(CCC1CCCC1)c1ccc2cccnc2c1. The summed E-state index contributed by atoms with van der Waals surface area (Å²) in [7, 11) is 0. The Kier molecular flexibility index (Phi) is 4.87. The Bertz CT molecular complexity index is 573. The Morgan fingerprint density at radius 1 is 1.24 bits per heavy atom. The molecular formula is C19H26N2. The predicted molar refractivity (Wildman–Crippen MR) is 89.4 cm³/mol. The van der Waals surface area contributed by atoms with E-state index in [-0.39, 0.29) is 0 Å². The molecule has 1 atom stereocenters. The van der Waals surface area contributed by atoms with Crippen LogP contribution < -0.4 is 5.32 Å². The second-order valence-corrected chi connectivity index (χ2v) is 6.29. The minimum absolute atomic E-state index is 0.474. The van der Waals surface area contributed by atoms with Crippen LogP contribution in [0.3, 0.4) is 0 Å². The highest BCUT2D eigenvalue weighted by Gasteiger charge is 2.18. The molecule has 0 spiro atoms. The molecule has 1 N–H and O–H groups in total. The van der Waals surface area contributed by atoms with Gasteiger partial charge >= 0.3 is 0 Å². The predicted octanol–water partition coefficient (Wildman–Crippen LogP) is 4.86. The first-order valence-electron chi connectivity index (χ1n) is 8.45. The summed E-state index contributed by atoms with van der Waals surface area (Å²) in [5.74, 6) is 0.963. The van der Waals surface area contributed by atoms with Gasteiger partial charge in [0.1, 0.15) is 0 Å². The number of hydrogen-bond acceptors (Lipinski definition) is 2. The smallest absolute Gasteiger partial charge is 0.0705 e. The molecule has 0 bridgehead atoms. The Labute approximate surface area is 128 Å². The third-order valence-corrected chi connectivity index (χ3v) is 4.82. The van der Waals surface area contributed by atoms with Crippen molar-refractivity contribution in [2.45, 2.75) is 51.5 Å². The molecule has 21 heavy (non-hydrogen) atoms. The molecule has 1 unspecified atom stereocenters. The maximum atomic E-state index is 4.49. The summed E-state index contributed by atoms with van der Waals surface area (Å²) in [5.41, 5.74) is 2.50. The first-order valence-corrected chi connectivity index (χ1v) is 8.45. The summed E-state index contributed by atoms with van der Waals surface area (Å²) in [6, 6.07) is 11.3. The summed E-state index contributed by atoms with van der Waals surface area (Å²) in [6.07, 6.45) is 10.3. The number of rotatable bonds is 6.